The van der Waals surface area contributed by atoms with E-state index < -0.39 is 11.9 Å². The first-order chi connectivity index (χ1) is 21.5. The van der Waals surface area contributed by atoms with Crippen LogP contribution in [0.25, 0.3) is 0 Å². The molecule has 44 heavy (non-hydrogen) atoms. The van der Waals surface area contributed by atoms with Gasteiger partial charge in [-0.2, -0.15) is 0 Å². The van der Waals surface area contributed by atoms with Gasteiger partial charge >= 0.3 is 0 Å². The van der Waals surface area contributed by atoms with Gasteiger partial charge in [-0.3, -0.25) is 14.4 Å². The third-order valence-electron chi connectivity index (χ3n) is 7.16. The maximum atomic E-state index is 13.1. The number of rotatable bonds is 29. The number of hydrogen-bond donors (Lipinski definition) is 4. The van der Waals surface area contributed by atoms with Crippen molar-refractivity contribution in [3.8, 4) is 5.75 Å². The lowest BCUT2D eigenvalue weighted by molar-refractivity contribution is -0.124. The highest BCUT2D eigenvalue weighted by atomic mass is 16.5. The van der Waals surface area contributed by atoms with Crippen molar-refractivity contribution in [1.82, 2.24) is 16.0 Å². The summed E-state index contributed by atoms with van der Waals surface area (Å²) in [5, 5.41) is 17.4. The Morgan fingerprint density at radius 3 is 2.00 bits per heavy atom. The van der Waals surface area contributed by atoms with Crippen LogP contribution in [-0.2, 0) is 19.1 Å². The second kappa shape index (κ2) is 27.8. The molecule has 252 valence electrons. The summed E-state index contributed by atoms with van der Waals surface area (Å²) in [6.07, 6.45) is 14.0. The van der Waals surface area contributed by atoms with Gasteiger partial charge in [-0.25, -0.2) is 0 Å². The summed E-state index contributed by atoms with van der Waals surface area (Å²) in [5.41, 5.74) is 0.363. The molecule has 0 saturated carbocycles. The number of unbranched alkanes of at least 4 members (excludes halogenated alkanes) is 10. The van der Waals surface area contributed by atoms with Gasteiger partial charge in [0.05, 0.1) is 33.0 Å². The van der Waals surface area contributed by atoms with E-state index in [4.69, 9.17) is 19.3 Å². The Morgan fingerprint density at radius 1 is 0.750 bits per heavy atom. The molecule has 0 spiro atoms. The topological polar surface area (TPSA) is 135 Å². The number of aliphatic hydroxyl groups is 1. The maximum absolute atomic E-state index is 13.1. The zero-order valence-electron chi connectivity index (χ0n) is 27.3. The van der Waals surface area contributed by atoms with Gasteiger partial charge in [0.1, 0.15) is 18.4 Å². The van der Waals surface area contributed by atoms with E-state index in [1.165, 1.54) is 44.9 Å². The van der Waals surface area contributed by atoms with E-state index in [0.717, 1.165) is 32.1 Å². The molecule has 1 aromatic rings. The molecule has 10 heteroatoms. The Morgan fingerprint density at radius 2 is 1.34 bits per heavy atom. The molecule has 0 saturated heterocycles. The number of nitrogens with one attached hydrogen (secondary N) is 3. The average Bonchev–Trinajstić information content (AvgIpc) is 3.03. The minimum atomic E-state index is -0.826. The largest absolute Gasteiger partial charge is 0.491 e. The summed E-state index contributed by atoms with van der Waals surface area (Å²) in [5.74, 6) is -0.280. The molecule has 3 amide bonds. The van der Waals surface area contributed by atoms with Gasteiger partial charge in [0, 0.05) is 25.1 Å². The highest BCUT2D eigenvalue weighted by Crippen LogP contribution is 2.14. The van der Waals surface area contributed by atoms with Crippen molar-refractivity contribution in [1.29, 1.82) is 0 Å². The van der Waals surface area contributed by atoms with Crippen molar-refractivity contribution in [2.75, 3.05) is 52.7 Å². The first-order valence-corrected chi connectivity index (χ1v) is 16.9. The monoisotopic (exact) mass is 621 g/mol. The fourth-order valence-corrected chi connectivity index (χ4v) is 4.58. The molecule has 10 nitrogen and oxygen atoms in total. The van der Waals surface area contributed by atoms with Gasteiger partial charge in [0.2, 0.25) is 11.8 Å². The Kier molecular flexibility index (Phi) is 24.9. The molecule has 1 unspecified atom stereocenters. The van der Waals surface area contributed by atoms with Crippen LogP contribution in [0.15, 0.2) is 24.3 Å². The van der Waals surface area contributed by atoms with E-state index in [-0.39, 0.29) is 37.9 Å². The van der Waals surface area contributed by atoms with E-state index in [0.29, 0.717) is 50.8 Å². The molecular formula is C34H59N3O7. The molecule has 0 bridgehead atoms. The van der Waals surface area contributed by atoms with Crippen LogP contribution in [0.3, 0.4) is 0 Å². The van der Waals surface area contributed by atoms with Crippen LogP contribution in [0.2, 0.25) is 0 Å². The number of benzene rings is 1. The fourth-order valence-electron chi connectivity index (χ4n) is 4.58. The highest BCUT2D eigenvalue weighted by molar-refractivity contribution is 5.98. The van der Waals surface area contributed by atoms with Crippen molar-refractivity contribution < 1.29 is 33.7 Å². The van der Waals surface area contributed by atoms with E-state index in [1.54, 1.807) is 24.3 Å². The van der Waals surface area contributed by atoms with Crippen molar-refractivity contribution in [3.05, 3.63) is 29.8 Å². The molecule has 0 radical (unpaired) electrons. The van der Waals surface area contributed by atoms with Crippen molar-refractivity contribution in [3.63, 3.8) is 0 Å². The molecule has 1 atom stereocenters. The van der Waals surface area contributed by atoms with Gasteiger partial charge in [0.25, 0.3) is 5.91 Å². The maximum Gasteiger partial charge on any atom is 0.252 e. The van der Waals surface area contributed by atoms with E-state index >= 15 is 0 Å². The summed E-state index contributed by atoms with van der Waals surface area (Å²) in [6.45, 7) is 7.23. The normalized spacial score (nSPS) is 11.6. The Bertz CT molecular complexity index is 884. The van der Waals surface area contributed by atoms with Gasteiger partial charge in [-0.15, -0.1) is 0 Å². The van der Waals surface area contributed by atoms with Crippen molar-refractivity contribution >= 4 is 17.7 Å². The molecule has 0 fully saturated rings. The smallest absolute Gasteiger partial charge is 0.252 e. The molecule has 0 aliphatic carbocycles. The molecule has 1 aromatic carbocycles. The van der Waals surface area contributed by atoms with Gasteiger partial charge in [-0.05, 0) is 37.5 Å². The summed E-state index contributed by atoms with van der Waals surface area (Å²) >= 11 is 0. The Labute approximate surface area is 265 Å². The van der Waals surface area contributed by atoms with Crippen LogP contribution in [-0.4, -0.2) is 81.6 Å². The zero-order valence-corrected chi connectivity index (χ0v) is 27.3. The first kappa shape index (κ1) is 39.3. The summed E-state index contributed by atoms with van der Waals surface area (Å²) in [6, 6.07) is 5.93. The minimum Gasteiger partial charge on any atom is -0.491 e. The second-order valence-electron chi connectivity index (χ2n) is 11.1. The molecule has 4 N–H and O–H groups in total. The zero-order chi connectivity index (χ0) is 32.1. The average molecular weight is 622 g/mol. The number of aliphatic hydroxyl groups excluding tert-OH is 1. The summed E-state index contributed by atoms with van der Waals surface area (Å²) in [4.78, 5) is 38.7. The lowest BCUT2D eigenvalue weighted by Gasteiger charge is -2.19. The van der Waals surface area contributed by atoms with E-state index in [1.807, 2.05) is 0 Å². The number of hydrogen-bond acceptors (Lipinski definition) is 7. The molecule has 0 heterocycles. The molecule has 0 aromatic heterocycles. The van der Waals surface area contributed by atoms with E-state index in [9.17, 15) is 14.4 Å². The number of ether oxygens (including phenoxy) is 3. The van der Waals surface area contributed by atoms with Crippen LogP contribution >= 0.6 is 0 Å². The molecule has 0 aliphatic heterocycles. The lowest BCUT2D eigenvalue weighted by Crippen LogP contribution is -2.47. The minimum absolute atomic E-state index is 0.0215. The van der Waals surface area contributed by atoms with Crippen LogP contribution in [0.4, 0.5) is 0 Å². The molecular weight excluding hydrogens is 562 g/mol. The number of amides is 3. The van der Waals surface area contributed by atoms with Crippen LogP contribution < -0.4 is 20.7 Å². The fraction of sp³-hybridized carbons (Fsp3) is 0.735. The number of carbonyl (C=O) groups is 3. The van der Waals surface area contributed by atoms with Gasteiger partial charge in [0.15, 0.2) is 0 Å². The van der Waals surface area contributed by atoms with Crippen molar-refractivity contribution in [2.45, 2.75) is 110 Å². The predicted octanol–water partition coefficient (Wildman–Crippen LogP) is 4.92. The third-order valence-corrected chi connectivity index (χ3v) is 7.16. The second-order valence-corrected chi connectivity index (χ2v) is 11.1. The molecule has 1 rings (SSSR count). The number of carbonyl (C=O) groups excluding carboxylic acids is 3. The Balaban J connectivity index is 2.60. The van der Waals surface area contributed by atoms with E-state index in [2.05, 4.69) is 29.8 Å². The first-order valence-electron chi connectivity index (χ1n) is 16.9. The Hall–Kier alpha value is -2.69. The quantitative estimate of drug-likeness (QED) is 0.0933. The SMILES string of the molecule is CCCCCCCCNC(=O)CCC(NC(=O)c1cccc(OCCOCCOCCO)c1)C(=O)NCCCCCCCC. The van der Waals surface area contributed by atoms with Crippen LogP contribution in [0.1, 0.15) is 114 Å². The van der Waals surface area contributed by atoms with Crippen molar-refractivity contribution in [2.24, 2.45) is 0 Å². The van der Waals surface area contributed by atoms with Gasteiger partial charge < -0.3 is 35.3 Å². The third kappa shape index (κ3) is 21.1. The lowest BCUT2D eigenvalue weighted by atomic mass is 10.1. The van der Waals surface area contributed by atoms with Crippen LogP contribution in [0.5, 0.6) is 5.75 Å². The summed E-state index contributed by atoms with van der Waals surface area (Å²) in [7, 11) is 0. The van der Waals surface area contributed by atoms with Crippen LogP contribution in [0, 0.1) is 0 Å². The standard InChI is InChI=1S/C34H59N3O7/c1-3-5-7-9-11-13-20-35-32(39)19-18-31(34(41)36-21-14-12-10-8-6-4-2)37-33(40)29-16-15-17-30(28-29)44-27-26-43-25-24-42-23-22-38/h15-17,28,31,38H,3-14,18-27H2,1-2H3,(H,35,39)(H,36,41)(H,37,40). The highest BCUT2D eigenvalue weighted by Gasteiger charge is 2.22. The molecule has 0 aliphatic rings. The predicted molar refractivity (Wildman–Crippen MR) is 174 cm³/mol. The van der Waals surface area contributed by atoms with Gasteiger partial charge in [-0.1, -0.05) is 84.1 Å². The summed E-state index contributed by atoms with van der Waals surface area (Å²) < 4.78 is 16.3.